The molecule has 1 amide bonds. The highest BCUT2D eigenvalue weighted by Crippen LogP contribution is 2.25. The number of para-hydroxylation sites is 1. The number of ether oxygens (including phenoxy) is 1. The van der Waals surface area contributed by atoms with Gasteiger partial charge < -0.3 is 15.2 Å². The minimum Gasteiger partial charge on any atom is -0.481 e. The van der Waals surface area contributed by atoms with Crippen molar-refractivity contribution in [1.82, 2.24) is 15.1 Å². The van der Waals surface area contributed by atoms with Crippen LogP contribution in [-0.2, 0) is 4.79 Å². The third-order valence-electron chi connectivity index (χ3n) is 4.91. The van der Waals surface area contributed by atoms with Crippen molar-refractivity contribution in [3.63, 3.8) is 0 Å². The van der Waals surface area contributed by atoms with Crippen molar-refractivity contribution >= 4 is 11.9 Å². The quantitative estimate of drug-likeness (QED) is 0.620. The number of hydrogen-bond acceptors (Lipinski definition) is 4. The van der Waals surface area contributed by atoms with E-state index in [9.17, 15) is 19.1 Å². The Bertz CT molecular complexity index is 1090. The molecule has 0 bridgehead atoms. The highest BCUT2D eigenvalue weighted by molar-refractivity contribution is 5.93. The minimum atomic E-state index is -1.05. The van der Waals surface area contributed by atoms with Crippen LogP contribution in [-0.4, -0.2) is 33.9 Å². The van der Waals surface area contributed by atoms with Gasteiger partial charge in [0.15, 0.2) is 5.69 Å². The Hall–Kier alpha value is -3.68. The standard InChI is InChI=1S/C22H22FN3O4/c1-13-7-6-8-15(14(13)2)17(12-21(27)28)24-22(29)18-11-20(30-3)26(25-18)19-10-5-4-9-16(19)23/h4-11,17H,12H2,1-3H3,(H,24,29)(H,27,28). The predicted octanol–water partition coefficient (Wildman–Crippen LogP) is 3.58. The third-order valence-corrected chi connectivity index (χ3v) is 4.91. The average Bonchev–Trinajstić information content (AvgIpc) is 3.14. The summed E-state index contributed by atoms with van der Waals surface area (Å²) in [5.74, 6) is -1.98. The lowest BCUT2D eigenvalue weighted by Gasteiger charge is -2.20. The molecule has 1 aromatic heterocycles. The van der Waals surface area contributed by atoms with Gasteiger partial charge in [0.25, 0.3) is 5.91 Å². The number of nitrogens with one attached hydrogen (secondary N) is 1. The Balaban J connectivity index is 1.94. The number of hydrogen-bond donors (Lipinski definition) is 2. The normalized spacial score (nSPS) is 11.7. The van der Waals surface area contributed by atoms with E-state index in [2.05, 4.69) is 10.4 Å². The molecule has 0 spiro atoms. The second-order valence-corrected chi connectivity index (χ2v) is 6.85. The van der Waals surface area contributed by atoms with Crippen LogP contribution in [0.1, 0.15) is 39.6 Å². The van der Waals surface area contributed by atoms with E-state index in [-0.39, 0.29) is 23.7 Å². The van der Waals surface area contributed by atoms with E-state index in [1.54, 1.807) is 18.2 Å². The first-order chi connectivity index (χ1) is 14.3. The van der Waals surface area contributed by atoms with Crippen molar-refractivity contribution in [3.05, 3.63) is 76.7 Å². The fraction of sp³-hybridized carbons (Fsp3) is 0.227. The van der Waals surface area contributed by atoms with E-state index in [0.29, 0.717) is 5.56 Å². The summed E-state index contributed by atoms with van der Waals surface area (Å²) >= 11 is 0. The van der Waals surface area contributed by atoms with Crippen LogP contribution < -0.4 is 10.1 Å². The van der Waals surface area contributed by atoms with Gasteiger partial charge in [-0.2, -0.15) is 9.78 Å². The van der Waals surface area contributed by atoms with E-state index in [1.165, 1.54) is 30.0 Å². The van der Waals surface area contributed by atoms with E-state index < -0.39 is 23.7 Å². The van der Waals surface area contributed by atoms with Crippen molar-refractivity contribution in [1.29, 1.82) is 0 Å². The zero-order valence-corrected chi connectivity index (χ0v) is 16.8. The molecule has 2 aromatic carbocycles. The largest absolute Gasteiger partial charge is 0.481 e. The molecular formula is C22H22FN3O4. The second kappa shape index (κ2) is 8.77. The maximum atomic E-state index is 14.2. The van der Waals surface area contributed by atoms with Crippen LogP contribution in [0.15, 0.2) is 48.5 Å². The summed E-state index contributed by atoms with van der Waals surface area (Å²) in [6.45, 7) is 3.79. The van der Waals surface area contributed by atoms with Crippen molar-refractivity contribution in [2.24, 2.45) is 0 Å². The maximum absolute atomic E-state index is 14.2. The van der Waals surface area contributed by atoms with Gasteiger partial charge in [0.1, 0.15) is 11.5 Å². The molecule has 30 heavy (non-hydrogen) atoms. The molecule has 8 heteroatoms. The SMILES string of the molecule is COc1cc(C(=O)NC(CC(=O)O)c2cccc(C)c2C)nn1-c1ccccc1F. The lowest BCUT2D eigenvalue weighted by atomic mass is 9.95. The maximum Gasteiger partial charge on any atom is 0.305 e. The number of nitrogens with zero attached hydrogens (tertiary/aromatic N) is 2. The molecule has 2 N–H and O–H groups in total. The summed E-state index contributed by atoms with van der Waals surface area (Å²) in [4.78, 5) is 24.3. The number of aryl methyl sites for hydroxylation is 1. The van der Waals surface area contributed by atoms with Crippen LogP contribution in [0.4, 0.5) is 4.39 Å². The summed E-state index contributed by atoms with van der Waals surface area (Å²) < 4.78 is 20.6. The summed E-state index contributed by atoms with van der Waals surface area (Å²) in [6, 6.07) is 12.1. The van der Waals surface area contributed by atoms with Crippen molar-refractivity contribution in [2.75, 3.05) is 7.11 Å². The Morgan fingerprint density at radius 3 is 2.60 bits per heavy atom. The van der Waals surface area contributed by atoms with Crippen LogP contribution in [0.25, 0.3) is 5.69 Å². The minimum absolute atomic E-state index is 0.0178. The van der Waals surface area contributed by atoms with Crippen molar-refractivity contribution < 1.29 is 23.8 Å². The fourth-order valence-electron chi connectivity index (χ4n) is 3.21. The van der Waals surface area contributed by atoms with Crippen LogP contribution in [0, 0.1) is 19.7 Å². The topological polar surface area (TPSA) is 93.4 Å². The van der Waals surface area contributed by atoms with Gasteiger partial charge in [-0.1, -0.05) is 30.3 Å². The first-order valence-corrected chi connectivity index (χ1v) is 9.29. The monoisotopic (exact) mass is 411 g/mol. The number of amides is 1. The van der Waals surface area contributed by atoms with Gasteiger partial charge in [-0.25, -0.2) is 4.39 Å². The van der Waals surface area contributed by atoms with Gasteiger partial charge in [0, 0.05) is 6.07 Å². The molecule has 0 fully saturated rings. The van der Waals surface area contributed by atoms with E-state index in [4.69, 9.17) is 4.74 Å². The first kappa shape index (κ1) is 21.0. The van der Waals surface area contributed by atoms with Gasteiger partial charge in [0.2, 0.25) is 5.88 Å². The molecule has 1 unspecified atom stereocenters. The molecule has 0 saturated carbocycles. The number of aromatic nitrogens is 2. The molecule has 1 atom stereocenters. The molecule has 0 aliphatic rings. The number of carbonyl (C=O) groups is 2. The number of halogens is 1. The number of benzene rings is 2. The zero-order valence-electron chi connectivity index (χ0n) is 16.8. The van der Waals surface area contributed by atoms with Crippen molar-refractivity contribution in [2.45, 2.75) is 26.3 Å². The molecular weight excluding hydrogens is 389 g/mol. The molecule has 3 rings (SSSR count). The number of carboxylic acids is 1. The van der Waals surface area contributed by atoms with Crippen molar-refractivity contribution in [3.8, 4) is 11.6 Å². The average molecular weight is 411 g/mol. The van der Waals surface area contributed by atoms with E-state index in [1.807, 2.05) is 26.0 Å². The Morgan fingerprint density at radius 2 is 1.93 bits per heavy atom. The number of rotatable bonds is 7. The summed E-state index contributed by atoms with van der Waals surface area (Å²) in [7, 11) is 1.39. The first-order valence-electron chi connectivity index (χ1n) is 9.29. The lowest BCUT2D eigenvalue weighted by Crippen LogP contribution is -2.31. The van der Waals surface area contributed by atoms with E-state index in [0.717, 1.165) is 11.1 Å². The highest BCUT2D eigenvalue weighted by atomic mass is 19.1. The highest BCUT2D eigenvalue weighted by Gasteiger charge is 2.24. The lowest BCUT2D eigenvalue weighted by molar-refractivity contribution is -0.137. The smallest absolute Gasteiger partial charge is 0.305 e. The molecule has 7 nitrogen and oxygen atoms in total. The Labute approximate surface area is 173 Å². The molecule has 156 valence electrons. The number of methoxy groups -OCH3 is 1. The second-order valence-electron chi connectivity index (χ2n) is 6.85. The molecule has 0 radical (unpaired) electrons. The number of carbonyl (C=O) groups excluding carboxylic acids is 1. The van der Waals surface area contributed by atoms with E-state index >= 15 is 0 Å². The molecule has 1 heterocycles. The van der Waals surface area contributed by atoms with Gasteiger partial charge in [0.05, 0.1) is 19.6 Å². The summed E-state index contributed by atoms with van der Waals surface area (Å²) in [5.41, 5.74) is 2.72. The Kier molecular flexibility index (Phi) is 6.15. The molecule has 0 aliphatic heterocycles. The van der Waals surface area contributed by atoms with Crippen LogP contribution in [0.2, 0.25) is 0 Å². The van der Waals surface area contributed by atoms with Crippen LogP contribution >= 0.6 is 0 Å². The number of aliphatic carboxylic acids is 1. The summed E-state index contributed by atoms with van der Waals surface area (Å²) in [5, 5.41) is 16.2. The Morgan fingerprint density at radius 1 is 1.20 bits per heavy atom. The van der Waals surface area contributed by atoms with Gasteiger partial charge in [-0.3, -0.25) is 9.59 Å². The van der Waals surface area contributed by atoms with Crippen LogP contribution in [0.5, 0.6) is 5.88 Å². The van der Waals surface area contributed by atoms with Gasteiger partial charge in [-0.05, 0) is 42.7 Å². The third kappa shape index (κ3) is 4.32. The van der Waals surface area contributed by atoms with Gasteiger partial charge in [-0.15, -0.1) is 0 Å². The molecule has 3 aromatic rings. The zero-order chi connectivity index (χ0) is 21.8. The summed E-state index contributed by atoms with van der Waals surface area (Å²) in [6.07, 6.45) is -0.290. The van der Waals surface area contributed by atoms with Gasteiger partial charge >= 0.3 is 5.97 Å². The molecule has 0 aliphatic carbocycles. The van der Waals surface area contributed by atoms with Crippen LogP contribution in [0.3, 0.4) is 0 Å². The number of carboxylic acid groups (broad SMARTS) is 1. The molecule has 0 saturated heterocycles. The fourth-order valence-corrected chi connectivity index (χ4v) is 3.21. The predicted molar refractivity (Wildman–Crippen MR) is 108 cm³/mol.